The number of anilines is 1. The molecule has 0 radical (unpaired) electrons. The summed E-state index contributed by atoms with van der Waals surface area (Å²) in [6.07, 6.45) is 2.23. The fraction of sp³-hybridized carbons (Fsp3) is 0.407. The van der Waals surface area contributed by atoms with Gasteiger partial charge >= 0.3 is 0 Å². The van der Waals surface area contributed by atoms with Gasteiger partial charge in [-0.1, -0.05) is 18.2 Å². The van der Waals surface area contributed by atoms with Crippen LogP contribution in [-0.4, -0.2) is 42.9 Å². The second-order valence-electron chi connectivity index (χ2n) is 9.20. The number of rotatable bonds is 5. The Kier molecular flexibility index (Phi) is 6.68. The number of Topliss-reactive ketones (excluding diaryl/α,β-unsaturated/α-hetero) is 1. The molecule has 1 unspecified atom stereocenters. The molecule has 3 aliphatic rings. The topological polar surface area (TPSA) is 70.7 Å². The van der Waals surface area contributed by atoms with Crippen LogP contribution in [0.3, 0.4) is 0 Å². The third-order valence-electron chi connectivity index (χ3n) is 6.87. The molecule has 34 heavy (non-hydrogen) atoms. The van der Waals surface area contributed by atoms with E-state index in [-0.39, 0.29) is 17.6 Å². The Hall–Kier alpha value is -2.74. The van der Waals surface area contributed by atoms with Crippen molar-refractivity contribution in [2.45, 2.75) is 45.6 Å². The van der Waals surface area contributed by atoms with Gasteiger partial charge in [0.15, 0.2) is 5.78 Å². The number of allylic oxidation sites excluding steroid dienone is 3. The highest BCUT2D eigenvalue weighted by molar-refractivity contribution is 7.12. The van der Waals surface area contributed by atoms with E-state index in [1.165, 1.54) is 10.4 Å². The maximum absolute atomic E-state index is 13.6. The van der Waals surface area contributed by atoms with E-state index in [2.05, 4.69) is 28.5 Å². The zero-order chi connectivity index (χ0) is 23.7. The molecule has 1 aliphatic carbocycles. The number of hydrogen-bond acceptors (Lipinski definition) is 6. The zero-order valence-corrected chi connectivity index (χ0v) is 20.6. The van der Waals surface area contributed by atoms with Gasteiger partial charge in [0.2, 0.25) is 0 Å². The monoisotopic (exact) mass is 477 g/mol. The predicted octanol–water partition coefficient (Wildman–Crippen LogP) is 4.50. The highest BCUT2D eigenvalue weighted by atomic mass is 32.1. The first-order valence-corrected chi connectivity index (χ1v) is 12.8. The lowest BCUT2D eigenvalue weighted by molar-refractivity contribution is -0.116. The molecule has 1 aromatic heterocycles. The minimum Gasteiger partial charge on any atom is -0.379 e. The van der Waals surface area contributed by atoms with Crippen molar-refractivity contribution in [3.8, 4) is 0 Å². The average Bonchev–Trinajstić information content (AvgIpc) is 3.19. The van der Waals surface area contributed by atoms with Gasteiger partial charge < -0.3 is 15.4 Å². The van der Waals surface area contributed by atoms with Crippen LogP contribution >= 0.6 is 11.3 Å². The lowest BCUT2D eigenvalue weighted by atomic mass is 9.77. The van der Waals surface area contributed by atoms with Gasteiger partial charge in [-0.2, -0.15) is 0 Å². The number of carbonyl (C=O) groups is 2. The summed E-state index contributed by atoms with van der Waals surface area (Å²) in [5.41, 5.74) is 5.23. The molecule has 6 nitrogen and oxygen atoms in total. The minimum atomic E-state index is -0.338. The molecule has 2 N–H and O–H groups in total. The quantitative estimate of drug-likeness (QED) is 0.664. The third-order valence-corrected chi connectivity index (χ3v) is 8.03. The standard InChI is InChI=1S/C27H31N3O3S/c1-17-24(27(32)29-20-7-4-3-5-8-20)26(25-21(28-17)9-6-10-22(25)31)23-15-19(18(2)34-23)16-30-11-13-33-14-12-30/h3-5,7-8,15,26,28H,6,9-14,16H2,1-2H3,(H,29,32). The highest BCUT2D eigenvalue weighted by Crippen LogP contribution is 2.45. The largest absolute Gasteiger partial charge is 0.379 e. The molecule has 178 valence electrons. The normalized spacial score (nSPS) is 21.4. The van der Waals surface area contributed by atoms with Crippen LogP contribution in [0.15, 0.2) is 58.9 Å². The first kappa shape index (κ1) is 23.0. The van der Waals surface area contributed by atoms with Gasteiger partial charge in [-0.15, -0.1) is 11.3 Å². The van der Waals surface area contributed by atoms with Crippen molar-refractivity contribution in [2.24, 2.45) is 0 Å². The first-order chi connectivity index (χ1) is 16.5. The number of hydrogen-bond donors (Lipinski definition) is 2. The molecule has 1 saturated heterocycles. The Morgan fingerprint density at radius 1 is 1.18 bits per heavy atom. The molecule has 7 heteroatoms. The summed E-state index contributed by atoms with van der Waals surface area (Å²) in [5, 5.41) is 6.46. The molecule has 1 fully saturated rings. The number of para-hydroxylation sites is 1. The lowest BCUT2D eigenvalue weighted by Crippen LogP contribution is -2.36. The number of ketones is 1. The lowest BCUT2D eigenvalue weighted by Gasteiger charge is -2.34. The van der Waals surface area contributed by atoms with Crippen molar-refractivity contribution >= 4 is 28.7 Å². The van der Waals surface area contributed by atoms with Crippen molar-refractivity contribution in [3.63, 3.8) is 0 Å². The van der Waals surface area contributed by atoms with Crippen LogP contribution in [0.1, 0.15) is 47.4 Å². The summed E-state index contributed by atoms with van der Waals surface area (Å²) >= 11 is 1.71. The Morgan fingerprint density at radius 2 is 1.94 bits per heavy atom. The Bertz CT molecular complexity index is 1160. The maximum Gasteiger partial charge on any atom is 0.254 e. The molecule has 3 heterocycles. The van der Waals surface area contributed by atoms with Crippen molar-refractivity contribution in [1.29, 1.82) is 0 Å². The van der Waals surface area contributed by atoms with E-state index in [0.29, 0.717) is 12.0 Å². The summed E-state index contributed by atoms with van der Waals surface area (Å²) < 4.78 is 5.50. The number of dihydropyridines is 1. The van der Waals surface area contributed by atoms with Crippen LogP contribution in [0, 0.1) is 6.92 Å². The van der Waals surface area contributed by atoms with Crippen molar-refractivity contribution in [3.05, 3.63) is 74.3 Å². The number of benzene rings is 1. The van der Waals surface area contributed by atoms with Crippen LogP contribution in [0.4, 0.5) is 5.69 Å². The number of nitrogens with zero attached hydrogens (tertiary/aromatic N) is 1. The van der Waals surface area contributed by atoms with E-state index >= 15 is 0 Å². The zero-order valence-electron chi connectivity index (χ0n) is 19.8. The van der Waals surface area contributed by atoms with Crippen LogP contribution in [0.25, 0.3) is 0 Å². The summed E-state index contributed by atoms with van der Waals surface area (Å²) in [4.78, 5) is 31.5. The number of amides is 1. The molecular weight excluding hydrogens is 446 g/mol. The summed E-state index contributed by atoms with van der Waals surface area (Å²) in [6, 6.07) is 11.7. The van der Waals surface area contributed by atoms with Crippen LogP contribution in [0.2, 0.25) is 0 Å². The van der Waals surface area contributed by atoms with Crippen molar-refractivity contribution < 1.29 is 14.3 Å². The fourth-order valence-corrected chi connectivity index (χ4v) is 6.30. The number of carbonyl (C=O) groups excluding carboxylic acids is 2. The molecule has 1 aromatic carbocycles. The summed E-state index contributed by atoms with van der Waals surface area (Å²) in [6.45, 7) is 8.34. The Balaban J connectivity index is 1.52. The molecule has 0 bridgehead atoms. The average molecular weight is 478 g/mol. The summed E-state index contributed by atoms with van der Waals surface area (Å²) in [7, 11) is 0. The first-order valence-electron chi connectivity index (χ1n) is 12.0. The third kappa shape index (κ3) is 4.60. The number of aryl methyl sites for hydroxylation is 1. The van der Waals surface area contributed by atoms with Crippen LogP contribution in [0.5, 0.6) is 0 Å². The second-order valence-corrected chi connectivity index (χ2v) is 10.5. The number of morpholine rings is 1. The van der Waals surface area contributed by atoms with E-state index in [9.17, 15) is 9.59 Å². The molecule has 0 saturated carbocycles. The van der Waals surface area contributed by atoms with E-state index in [1.807, 2.05) is 37.3 Å². The van der Waals surface area contributed by atoms with Crippen LogP contribution < -0.4 is 10.6 Å². The van der Waals surface area contributed by atoms with Gasteiger partial charge in [-0.05, 0) is 50.5 Å². The fourth-order valence-electron chi connectivity index (χ4n) is 5.13. The minimum absolute atomic E-state index is 0.150. The maximum atomic E-state index is 13.6. The van der Waals surface area contributed by atoms with Gasteiger partial charge in [0.05, 0.1) is 19.1 Å². The molecule has 2 aliphatic heterocycles. The van der Waals surface area contributed by atoms with Crippen molar-refractivity contribution in [2.75, 3.05) is 31.6 Å². The van der Waals surface area contributed by atoms with Crippen LogP contribution in [-0.2, 0) is 20.9 Å². The SMILES string of the molecule is CC1=C(C(=O)Nc2ccccc2)C(c2cc(CN3CCOCC3)c(C)s2)C2=C(CCCC2=O)N1. The molecular formula is C27H31N3O3S. The Labute approximate surface area is 204 Å². The predicted molar refractivity (Wildman–Crippen MR) is 135 cm³/mol. The van der Waals surface area contributed by atoms with E-state index in [1.54, 1.807) is 11.3 Å². The van der Waals surface area contributed by atoms with E-state index in [0.717, 1.165) is 73.2 Å². The highest BCUT2D eigenvalue weighted by Gasteiger charge is 2.39. The van der Waals surface area contributed by atoms with E-state index < -0.39 is 0 Å². The van der Waals surface area contributed by atoms with Gasteiger partial charge in [-0.3, -0.25) is 14.5 Å². The molecule has 0 spiro atoms. The number of nitrogens with one attached hydrogen (secondary N) is 2. The molecule has 1 amide bonds. The van der Waals surface area contributed by atoms with Gasteiger partial charge in [0.25, 0.3) is 5.91 Å². The smallest absolute Gasteiger partial charge is 0.254 e. The Morgan fingerprint density at radius 3 is 2.71 bits per heavy atom. The second kappa shape index (κ2) is 9.86. The van der Waals surface area contributed by atoms with Gasteiger partial charge in [0, 0.05) is 64.0 Å². The number of ether oxygens (including phenoxy) is 1. The van der Waals surface area contributed by atoms with Gasteiger partial charge in [-0.25, -0.2) is 0 Å². The molecule has 1 atom stereocenters. The van der Waals surface area contributed by atoms with E-state index in [4.69, 9.17) is 4.74 Å². The number of thiophene rings is 1. The summed E-state index contributed by atoms with van der Waals surface area (Å²) in [5.74, 6) is -0.348. The van der Waals surface area contributed by atoms with Gasteiger partial charge in [0.1, 0.15) is 0 Å². The van der Waals surface area contributed by atoms with Crippen molar-refractivity contribution in [1.82, 2.24) is 10.2 Å². The molecule has 5 rings (SSSR count). The molecule has 2 aromatic rings.